The summed E-state index contributed by atoms with van der Waals surface area (Å²) >= 11 is 6.35. The Morgan fingerprint density at radius 1 is 1.33 bits per heavy atom. The first-order valence-corrected chi connectivity index (χ1v) is 6.88. The molecule has 100 valence electrons. The second-order valence-electron chi connectivity index (χ2n) is 5.83. The highest BCUT2D eigenvalue weighted by Gasteiger charge is 2.40. The van der Waals surface area contributed by atoms with Crippen LogP contribution in [0.3, 0.4) is 0 Å². The number of methoxy groups -OCH3 is 1. The fourth-order valence-corrected chi connectivity index (χ4v) is 2.80. The minimum absolute atomic E-state index is 0.0656. The van der Waals surface area contributed by atoms with Crippen molar-refractivity contribution in [3.63, 3.8) is 0 Å². The van der Waals surface area contributed by atoms with Crippen LogP contribution >= 0.6 is 11.6 Å². The van der Waals surface area contributed by atoms with Crippen LogP contribution in [-0.2, 0) is 10.2 Å². The highest BCUT2D eigenvalue weighted by atomic mass is 35.5. The van der Waals surface area contributed by atoms with E-state index in [1.54, 1.807) is 7.11 Å². The molecule has 0 saturated carbocycles. The van der Waals surface area contributed by atoms with E-state index < -0.39 is 0 Å². The van der Waals surface area contributed by atoms with Crippen molar-refractivity contribution < 1.29 is 4.74 Å². The van der Waals surface area contributed by atoms with E-state index in [0.717, 1.165) is 31.0 Å². The molecule has 3 heteroatoms. The Hall–Kier alpha value is -0.570. The summed E-state index contributed by atoms with van der Waals surface area (Å²) in [6.07, 6.45) is 2.14. The van der Waals surface area contributed by atoms with E-state index in [9.17, 15) is 0 Å². The van der Waals surface area contributed by atoms with Gasteiger partial charge in [-0.15, -0.1) is 0 Å². The second kappa shape index (κ2) is 5.20. The molecular weight excluding hydrogens is 246 g/mol. The van der Waals surface area contributed by atoms with Crippen LogP contribution < -0.4 is 5.32 Å². The van der Waals surface area contributed by atoms with Crippen LogP contribution in [0.4, 0.5) is 0 Å². The topological polar surface area (TPSA) is 21.3 Å². The van der Waals surface area contributed by atoms with Crippen molar-refractivity contribution >= 4 is 11.6 Å². The van der Waals surface area contributed by atoms with Gasteiger partial charge in [-0.2, -0.15) is 0 Å². The normalized spacial score (nSPS) is 18.4. The van der Waals surface area contributed by atoms with Crippen LogP contribution in [0.2, 0.25) is 5.02 Å². The van der Waals surface area contributed by atoms with E-state index in [2.05, 4.69) is 31.3 Å². The molecule has 0 amide bonds. The third-order valence-corrected chi connectivity index (χ3v) is 4.46. The molecule has 0 bridgehead atoms. The smallest absolute Gasteiger partial charge is 0.0623 e. The molecule has 1 fully saturated rings. The highest BCUT2D eigenvalue weighted by Crippen LogP contribution is 2.39. The Bertz CT molecular complexity index is 413. The summed E-state index contributed by atoms with van der Waals surface area (Å²) in [6.45, 7) is 6.30. The summed E-state index contributed by atoms with van der Waals surface area (Å²) in [5, 5.41) is 4.27. The zero-order valence-electron chi connectivity index (χ0n) is 11.4. The minimum Gasteiger partial charge on any atom is -0.379 e. The van der Waals surface area contributed by atoms with Crippen molar-refractivity contribution in [1.82, 2.24) is 5.32 Å². The minimum atomic E-state index is -0.0656. The number of benzene rings is 1. The molecular formula is C15H22ClNO. The lowest BCUT2D eigenvalue weighted by Crippen LogP contribution is -2.57. The summed E-state index contributed by atoms with van der Waals surface area (Å²) < 4.78 is 5.51. The van der Waals surface area contributed by atoms with Crippen molar-refractivity contribution in [1.29, 1.82) is 0 Å². The fraction of sp³-hybridized carbons (Fsp3) is 0.600. The largest absolute Gasteiger partial charge is 0.379 e. The van der Waals surface area contributed by atoms with Gasteiger partial charge in [-0.1, -0.05) is 29.8 Å². The molecule has 2 nitrogen and oxygen atoms in total. The van der Waals surface area contributed by atoms with Gasteiger partial charge >= 0.3 is 0 Å². The maximum absolute atomic E-state index is 6.35. The highest BCUT2D eigenvalue weighted by molar-refractivity contribution is 6.31. The third kappa shape index (κ3) is 2.71. The van der Waals surface area contributed by atoms with Gasteiger partial charge in [0.25, 0.3) is 0 Å². The number of hydrogen-bond donors (Lipinski definition) is 1. The summed E-state index contributed by atoms with van der Waals surface area (Å²) in [5.41, 5.74) is 1.40. The van der Waals surface area contributed by atoms with Gasteiger partial charge in [-0.25, -0.2) is 0 Å². The molecule has 2 rings (SSSR count). The Labute approximate surface area is 115 Å². The van der Waals surface area contributed by atoms with Gasteiger partial charge in [0.05, 0.1) is 5.60 Å². The predicted molar refractivity (Wildman–Crippen MR) is 76.3 cm³/mol. The molecule has 1 saturated heterocycles. The Balaban J connectivity index is 2.15. The molecule has 1 aromatic carbocycles. The molecule has 1 heterocycles. The van der Waals surface area contributed by atoms with Crippen molar-refractivity contribution in [2.75, 3.05) is 20.2 Å². The van der Waals surface area contributed by atoms with Gasteiger partial charge in [0.2, 0.25) is 0 Å². The average molecular weight is 268 g/mol. The molecule has 0 aromatic heterocycles. The van der Waals surface area contributed by atoms with Gasteiger partial charge in [-0.3, -0.25) is 0 Å². The summed E-state index contributed by atoms with van der Waals surface area (Å²) in [5.74, 6) is 0. The average Bonchev–Trinajstić information content (AvgIpc) is 2.30. The molecule has 0 aliphatic carbocycles. The first-order valence-electron chi connectivity index (χ1n) is 6.50. The van der Waals surface area contributed by atoms with Crippen LogP contribution in [-0.4, -0.2) is 25.8 Å². The quantitative estimate of drug-likeness (QED) is 0.883. The van der Waals surface area contributed by atoms with Crippen LogP contribution in [0, 0.1) is 0 Å². The maximum atomic E-state index is 6.35. The molecule has 1 aromatic rings. The van der Waals surface area contributed by atoms with Crippen LogP contribution in [0.25, 0.3) is 0 Å². The first kappa shape index (κ1) is 13.9. The van der Waals surface area contributed by atoms with Gasteiger partial charge in [0, 0.05) is 30.6 Å². The molecule has 18 heavy (non-hydrogen) atoms. The molecule has 1 N–H and O–H groups in total. The monoisotopic (exact) mass is 267 g/mol. The van der Waals surface area contributed by atoms with E-state index >= 15 is 0 Å². The summed E-state index contributed by atoms with van der Waals surface area (Å²) in [4.78, 5) is 0. The standard InChI is InChI=1S/C15H22ClNO/c1-14(2,18-3)8-9-15(10-17-11-15)12-6-4-5-7-13(12)16/h4-7,17H,8-11H2,1-3H3. The molecule has 1 aliphatic rings. The number of rotatable bonds is 5. The molecule has 0 unspecified atom stereocenters. The Morgan fingerprint density at radius 3 is 2.50 bits per heavy atom. The van der Waals surface area contributed by atoms with Gasteiger partial charge in [0.15, 0.2) is 0 Å². The van der Waals surface area contributed by atoms with E-state index in [-0.39, 0.29) is 11.0 Å². The first-order chi connectivity index (χ1) is 8.49. The van der Waals surface area contributed by atoms with E-state index in [0.29, 0.717) is 0 Å². The van der Waals surface area contributed by atoms with Crippen molar-refractivity contribution in [3.8, 4) is 0 Å². The van der Waals surface area contributed by atoms with Crippen LogP contribution in [0.5, 0.6) is 0 Å². The summed E-state index contributed by atoms with van der Waals surface area (Å²) in [7, 11) is 1.78. The lowest BCUT2D eigenvalue weighted by atomic mass is 9.70. The molecule has 0 atom stereocenters. The Morgan fingerprint density at radius 2 is 2.00 bits per heavy atom. The molecule has 1 aliphatic heterocycles. The fourth-order valence-electron chi connectivity index (χ4n) is 2.46. The molecule has 0 spiro atoms. The number of ether oxygens (including phenoxy) is 1. The van der Waals surface area contributed by atoms with E-state index in [1.165, 1.54) is 5.56 Å². The third-order valence-electron chi connectivity index (χ3n) is 4.13. The maximum Gasteiger partial charge on any atom is 0.0623 e. The number of nitrogens with one attached hydrogen (secondary N) is 1. The van der Waals surface area contributed by atoms with Gasteiger partial charge in [-0.05, 0) is 38.3 Å². The molecule has 0 radical (unpaired) electrons. The SMILES string of the molecule is COC(C)(C)CCC1(c2ccccc2Cl)CNC1. The second-order valence-corrected chi connectivity index (χ2v) is 6.23. The Kier molecular flexibility index (Phi) is 4.00. The number of hydrogen-bond acceptors (Lipinski definition) is 2. The number of halogens is 1. The summed E-state index contributed by atoms with van der Waals surface area (Å²) in [6, 6.07) is 8.20. The van der Waals surface area contributed by atoms with Crippen molar-refractivity contribution in [2.45, 2.75) is 37.7 Å². The predicted octanol–water partition coefficient (Wildman–Crippen LogP) is 3.39. The lowest BCUT2D eigenvalue weighted by Gasteiger charge is -2.45. The lowest BCUT2D eigenvalue weighted by molar-refractivity contribution is 0.00566. The van der Waals surface area contributed by atoms with Gasteiger partial charge in [0.1, 0.15) is 0 Å². The van der Waals surface area contributed by atoms with Crippen LogP contribution in [0.1, 0.15) is 32.3 Å². The van der Waals surface area contributed by atoms with Crippen LogP contribution in [0.15, 0.2) is 24.3 Å². The zero-order chi connectivity index (χ0) is 13.2. The van der Waals surface area contributed by atoms with E-state index in [4.69, 9.17) is 16.3 Å². The van der Waals surface area contributed by atoms with Gasteiger partial charge < -0.3 is 10.1 Å². The zero-order valence-corrected chi connectivity index (χ0v) is 12.2. The van der Waals surface area contributed by atoms with Crippen molar-refractivity contribution in [2.24, 2.45) is 0 Å². The van der Waals surface area contributed by atoms with E-state index in [1.807, 2.05) is 12.1 Å². The van der Waals surface area contributed by atoms with Crippen molar-refractivity contribution in [3.05, 3.63) is 34.9 Å².